The smallest absolute Gasteiger partial charge is 0.326 e. The Bertz CT molecular complexity index is 638. The van der Waals surface area contributed by atoms with Gasteiger partial charge in [-0.2, -0.15) is 13.2 Å². The summed E-state index contributed by atoms with van der Waals surface area (Å²) in [5, 5.41) is 0.400. The summed E-state index contributed by atoms with van der Waals surface area (Å²) in [5.74, 6) is -1.32. The Morgan fingerprint density at radius 3 is 2.30 bits per heavy atom. The van der Waals surface area contributed by atoms with E-state index in [0.29, 0.717) is 27.8 Å². The molecule has 2 N–H and O–H groups in total. The van der Waals surface area contributed by atoms with E-state index in [0.717, 1.165) is 6.07 Å². The van der Waals surface area contributed by atoms with E-state index in [9.17, 15) is 17.6 Å². The first kappa shape index (κ1) is 14.8. The highest BCUT2D eigenvalue weighted by atomic mass is 35.5. The summed E-state index contributed by atoms with van der Waals surface area (Å²) < 4.78 is 51.1. The van der Waals surface area contributed by atoms with Crippen molar-refractivity contribution in [2.75, 3.05) is 0 Å². The molecule has 0 heterocycles. The molecule has 2 aromatic carbocycles. The van der Waals surface area contributed by atoms with Crippen LogP contribution in [0.4, 0.5) is 17.6 Å². The molecule has 0 spiro atoms. The maximum atomic E-state index is 13.6. The lowest BCUT2D eigenvalue weighted by Crippen LogP contribution is -2.08. The maximum absolute atomic E-state index is 13.6. The van der Waals surface area contributed by atoms with Crippen molar-refractivity contribution in [3.8, 4) is 11.1 Å². The van der Waals surface area contributed by atoms with Gasteiger partial charge in [-0.25, -0.2) is 4.39 Å². The van der Waals surface area contributed by atoms with Crippen molar-refractivity contribution >= 4 is 11.6 Å². The van der Waals surface area contributed by atoms with Crippen LogP contribution in [0.5, 0.6) is 0 Å². The van der Waals surface area contributed by atoms with Crippen LogP contribution in [0, 0.1) is 5.82 Å². The van der Waals surface area contributed by atoms with Gasteiger partial charge in [-0.15, -0.1) is 0 Å². The van der Waals surface area contributed by atoms with Crippen LogP contribution in [0.15, 0.2) is 36.4 Å². The zero-order chi connectivity index (χ0) is 14.9. The summed E-state index contributed by atoms with van der Waals surface area (Å²) in [5.41, 5.74) is 5.76. The van der Waals surface area contributed by atoms with E-state index in [1.54, 1.807) is 18.2 Å². The molecule has 2 rings (SSSR count). The van der Waals surface area contributed by atoms with Crippen molar-refractivity contribution in [1.82, 2.24) is 0 Å². The number of hydrogen-bond donors (Lipinski definition) is 1. The summed E-state index contributed by atoms with van der Waals surface area (Å²) in [7, 11) is 0. The van der Waals surface area contributed by atoms with Crippen LogP contribution >= 0.6 is 11.6 Å². The van der Waals surface area contributed by atoms with Crippen LogP contribution in [0.3, 0.4) is 0 Å². The van der Waals surface area contributed by atoms with E-state index in [1.165, 1.54) is 6.07 Å². The normalized spacial score (nSPS) is 11.7. The van der Waals surface area contributed by atoms with Crippen LogP contribution in [0.2, 0.25) is 5.02 Å². The molecule has 0 saturated heterocycles. The molecule has 106 valence electrons. The van der Waals surface area contributed by atoms with Gasteiger partial charge >= 0.3 is 6.18 Å². The number of benzene rings is 2. The molecule has 0 aliphatic carbocycles. The molecule has 1 nitrogen and oxygen atoms in total. The zero-order valence-electron chi connectivity index (χ0n) is 10.1. The quantitative estimate of drug-likeness (QED) is 0.805. The number of halogens is 5. The Morgan fingerprint density at radius 2 is 1.75 bits per heavy atom. The lowest BCUT2D eigenvalue weighted by molar-refractivity contribution is -0.139. The standard InChI is InChI=1S/C14H10ClF4N/c15-10-3-1-9(7-20)11(6-10)8-2-4-12(13(16)5-8)14(17,18)19/h1-6H,7,20H2. The highest BCUT2D eigenvalue weighted by molar-refractivity contribution is 6.30. The fourth-order valence-corrected chi connectivity index (χ4v) is 2.08. The molecule has 0 fully saturated rings. The third-order valence-electron chi connectivity index (χ3n) is 2.88. The van der Waals surface area contributed by atoms with Crippen molar-refractivity contribution < 1.29 is 17.6 Å². The summed E-state index contributed by atoms with van der Waals surface area (Å²) in [6.07, 6.45) is -4.71. The van der Waals surface area contributed by atoms with Gasteiger partial charge in [0.25, 0.3) is 0 Å². The van der Waals surface area contributed by atoms with Crippen LogP contribution in [0.25, 0.3) is 11.1 Å². The molecule has 20 heavy (non-hydrogen) atoms. The predicted octanol–water partition coefficient (Wildman–Crippen LogP) is 4.62. The van der Waals surface area contributed by atoms with Gasteiger partial charge in [-0.1, -0.05) is 23.7 Å². The molecule has 2 aromatic rings. The van der Waals surface area contributed by atoms with Gasteiger partial charge in [0.1, 0.15) is 5.82 Å². The molecule has 0 aliphatic heterocycles. The van der Waals surface area contributed by atoms with Gasteiger partial charge in [-0.05, 0) is 41.0 Å². The Morgan fingerprint density at radius 1 is 1.05 bits per heavy atom. The average Bonchev–Trinajstić information content (AvgIpc) is 2.37. The average molecular weight is 304 g/mol. The fraction of sp³-hybridized carbons (Fsp3) is 0.143. The molecule has 0 aromatic heterocycles. The molecule has 0 amide bonds. The highest BCUT2D eigenvalue weighted by Gasteiger charge is 2.34. The van der Waals surface area contributed by atoms with Gasteiger partial charge < -0.3 is 5.73 Å². The molecule has 0 bridgehead atoms. The van der Waals surface area contributed by atoms with Crippen LogP contribution in [0.1, 0.15) is 11.1 Å². The molecule has 6 heteroatoms. The number of nitrogens with two attached hydrogens (primary N) is 1. The Balaban J connectivity index is 2.55. The van der Waals surface area contributed by atoms with Gasteiger partial charge in [0.2, 0.25) is 0 Å². The van der Waals surface area contributed by atoms with Crippen molar-refractivity contribution in [2.24, 2.45) is 5.73 Å². The van der Waals surface area contributed by atoms with Crippen molar-refractivity contribution in [2.45, 2.75) is 12.7 Å². The van der Waals surface area contributed by atoms with Crippen LogP contribution in [-0.2, 0) is 12.7 Å². The molecular weight excluding hydrogens is 294 g/mol. The predicted molar refractivity (Wildman–Crippen MR) is 69.7 cm³/mol. The largest absolute Gasteiger partial charge is 0.419 e. The lowest BCUT2D eigenvalue weighted by Gasteiger charge is -2.12. The van der Waals surface area contributed by atoms with E-state index in [1.807, 2.05) is 0 Å². The second-order valence-corrected chi connectivity index (χ2v) is 4.63. The Hall–Kier alpha value is -1.59. The van der Waals surface area contributed by atoms with E-state index in [4.69, 9.17) is 17.3 Å². The topological polar surface area (TPSA) is 26.0 Å². The molecular formula is C14H10ClF4N. The summed E-state index contributed by atoms with van der Waals surface area (Å²) >= 11 is 5.85. The minimum Gasteiger partial charge on any atom is -0.326 e. The fourth-order valence-electron chi connectivity index (χ4n) is 1.91. The van der Waals surface area contributed by atoms with Crippen molar-refractivity contribution in [3.05, 3.63) is 58.4 Å². The molecule has 0 atom stereocenters. The number of hydrogen-bond acceptors (Lipinski definition) is 1. The van der Waals surface area contributed by atoms with Crippen molar-refractivity contribution in [1.29, 1.82) is 0 Å². The SMILES string of the molecule is NCc1ccc(Cl)cc1-c1ccc(C(F)(F)F)c(F)c1. The van der Waals surface area contributed by atoms with Crippen LogP contribution in [-0.4, -0.2) is 0 Å². The second kappa shape index (κ2) is 5.42. The van der Waals surface area contributed by atoms with E-state index >= 15 is 0 Å². The Labute approximate surface area is 118 Å². The Kier molecular flexibility index (Phi) is 4.01. The van der Waals surface area contributed by atoms with Crippen molar-refractivity contribution in [3.63, 3.8) is 0 Å². The first-order valence-corrected chi connectivity index (χ1v) is 6.06. The molecule has 0 saturated carbocycles. The third kappa shape index (κ3) is 2.94. The van der Waals surface area contributed by atoms with E-state index in [2.05, 4.69) is 0 Å². The molecule has 0 unspecified atom stereocenters. The first-order chi connectivity index (χ1) is 9.32. The van der Waals surface area contributed by atoms with Gasteiger partial charge in [0.05, 0.1) is 5.56 Å². The van der Waals surface area contributed by atoms with Crippen LogP contribution < -0.4 is 5.73 Å². The van der Waals surface area contributed by atoms with Gasteiger partial charge in [0.15, 0.2) is 0 Å². The third-order valence-corrected chi connectivity index (χ3v) is 3.11. The number of rotatable bonds is 2. The zero-order valence-corrected chi connectivity index (χ0v) is 10.9. The van der Waals surface area contributed by atoms with Gasteiger partial charge in [0, 0.05) is 11.6 Å². The summed E-state index contributed by atoms with van der Waals surface area (Å²) in [4.78, 5) is 0. The molecule has 0 aliphatic rings. The minimum absolute atomic E-state index is 0.176. The highest BCUT2D eigenvalue weighted by Crippen LogP contribution is 2.34. The van der Waals surface area contributed by atoms with E-state index < -0.39 is 17.6 Å². The minimum atomic E-state index is -4.71. The monoisotopic (exact) mass is 303 g/mol. The second-order valence-electron chi connectivity index (χ2n) is 4.20. The summed E-state index contributed by atoms with van der Waals surface area (Å²) in [6.45, 7) is 0.176. The molecule has 0 radical (unpaired) electrons. The van der Waals surface area contributed by atoms with Gasteiger partial charge in [-0.3, -0.25) is 0 Å². The lowest BCUT2D eigenvalue weighted by atomic mass is 9.98. The summed E-state index contributed by atoms with van der Waals surface area (Å²) in [6, 6.07) is 7.59. The number of alkyl halides is 3. The maximum Gasteiger partial charge on any atom is 0.419 e. The first-order valence-electron chi connectivity index (χ1n) is 5.68. The van der Waals surface area contributed by atoms with E-state index in [-0.39, 0.29) is 6.54 Å².